The number of benzene rings is 1. The lowest BCUT2D eigenvalue weighted by molar-refractivity contribution is 0.499. The van der Waals surface area contributed by atoms with Crippen molar-refractivity contribution >= 4 is 0 Å². The van der Waals surface area contributed by atoms with Gasteiger partial charge in [0.05, 0.1) is 12.0 Å². The van der Waals surface area contributed by atoms with E-state index in [9.17, 15) is 5.26 Å². The summed E-state index contributed by atoms with van der Waals surface area (Å²) >= 11 is 0. The van der Waals surface area contributed by atoms with Gasteiger partial charge in [-0.3, -0.25) is 0 Å². The molecule has 1 fully saturated rings. The number of hydrogen-bond acceptors (Lipinski definition) is 1. The Kier molecular flexibility index (Phi) is 3.29. The molecule has 1 aromatic rings. The maximum Gasteiger partial charge on any atom is 0.0743 e. The molecule has 0 N–H and O–H groups in total. The number of hydrogen-bond donors (Lipinski definition) is 0. The molecule has 0 saturated heterocycles. The summed E-state index contributed by atoms with van der Waals surface area (Å²) in [6, 6.07) is 8.99. The fourth-order valence-electron chi connectivity index (χ4n) is 2.81. The van der Waals surface area contributed by atoms with Crippen LogP contribution in [0.5, 0.6) is 0 Å². The first kappa shape index (κ1) is 11.2. The zero-order chi connectivity index (χ0) is 11.5. The summed E-state index contributed by atoms with van der Waals surface area (Å²) in [5.74, 6) is 0.702. The minimum atomic E-state index is 0.113. The van der Waals surface area contributed by atoms with Gasteiger partial charge in [-0.2, -0.15) is 5.26 Å². The monoisotopic (exact) mass is 213 g/mol. The molecule has 1 aliphatic carbocycles. The van der Waals surface area contributed by atoms with Crippen LogP contribution in [0.15, 0.2) is 18.2 Å². The van der Waals surface area contributed by atoms with E-state index in [2.05, 4.69) is 38.1 Å². The highest BCUT2D eigenvalue weighted by molar-refractivity contribution is 5.36. The minimum Gasteiger partial charge on any atom is -0.198 e. The quantitative estimate of drug-likeness (QED) is 0.725. The van der Waals surface area contributed by atoms with Gasteiger partial charge in [-0.25, -0.2) is 0 Å². The molecule has 1 aromatic carbocycles. The van der Waals surface area contributed by atoms with Crippen molar-refractivity contribution in [2.45, 2.75) is 45.4 Å². The first-order valence-corrected chi connectivity index (χ1v) is 6.19. The molecule has 0 radical (unpaired) electrons. The number of rotatable bonds is 2. The lowest BCUT2D eigenvalue weighted by Gasteiger charge is -2.19. The number of nitriles is 1. The van der Waals surface area contributed by atoms with Crippen LogP contribution in [0.2, 0.25) is 0 Å². The average molecular weight is 213 g/mol. The van der Waals surface area contributed by atoms with Crippen LogP contribution < -0.4 is 0 Å². The van der Waals surface area contributed by atoms with Gasteiger partial charge in [0.25, 0.3) is 0 Å². The first-order valence-electron chi connectivity index (χ1n) is 6.19. The highest BCUT2D eigenvalue weighted by Gasteiger charge is 2.27. The largest absolute Gasteiger partial charge is 0.198 e. The third kappa shape index (κ3) is 2.11. The van der Waals surface area contributed by atoms with Gasteiger partial charge in [0.2, 0.25) is 0 Å². The SMILES string of the molecule is Cc1ccc(C)c(C(C#N)C2CCCC2)c1. The van der Waals surface area contributed by atoms with Gasteiger partial charge in [0.15, 0.2) is 0 Å². The molecule has 1 atom stereocenters. The molecular weight excluding hydrogens is 194 g/mol. The molecule has 0 spiro atoms. The van der Waals surface area contributed by atoms with E-state index >= 15 is 0 Å². The summed E-state index contributed by atoms with van der Waals surface area (Å²) in [6.45, 7) is 4.22. The van der Waals surface area contributed by atoms with Crippen LogP contribution in [0.25, 0.3) is 0 Å². The standard InChI is InChI=1S/C15H19N/c1-11-7-8-12(2)14(9-11)15(10-16)13-5-3-4-6-13/h7-9,13,15H,3-6H2,1-2H3. The normalized spacial score (nSPS) is 18.3. The Balaban J connectivity index is 2.32. The van der Waals surface area contributed by atoms with E-state index < -0.39 is 0 Å². The third-order valence-corrected chi connectivity index (χ3v) is 3.78. The summed E-state index contributed by atoms with van der Waals surface area (Å²) in [7, 11) is 0. The zero-order valence-electron chi connectivity index (χ0n) is 10.2. The predicted octanol–water partition coefficient (Wildman–Crippen LogP) is 4.10. The molecule has 0 bridgehead atoms. The van der Waals surface area contributed by atoms with Crippen molar-refractivity contribution in [2.24, 2.45) is 5.92 Å². The molecule has 1 saturated carbocycles. The molecule has 0 aliphatic heterocycles. The van der Waals surface area contributed by atoms with E-state index in [0.717, 1.165) is 0 Å². The van der Waals surface area contributed by atoms with Crippen molar-refractivity contribution in [3.8, 4) is 6.07 Å². The van der Waals surface area contributed by atoms with Crippen LogP contribution in [-0.4, -0.2) is 0 Å². The maximum absolute atomic E-state index is 9.41. The third-order valence-electron chi connectivity index (χ3n) is 3.78. The van der Waals surface area contributed by atoms with Crippen LogP contribution >= 0.6 is 0 Å². The zero-order valence-corrected chi connectivity index (χ0v) is 10.2. The van der Waals surface area contributed by atoms with Gasteiger partial charge in [0, 0.05) is 0 Å². The fraction of sp³-hybridized carbons (Fsp3) is 0.533. The van der Waals surface area contributed by atoms with Crippen molar-refractivity contribution in [1.82, 2.24) is 0 Å². The van der Waals surface area contributed by atoms with Gasteiger partial charge in [-0.05, 0) is 43.7 Å². The molecule has 0 amide bonds. The van der Waals surface area contributed by atoms with Crippen molar-refractivity contribution in [3.63, 3.8) is 0 Å². The van der Waals surface area contributed by atoms with Gasteiger partial charge < -0.3 is 0 Å². The van der Waals surface area contributed by atoms with E-state index in [-0.39, 0.29) is 5.92 Å². The second-order valence-corrected chi connectivity index (χ2v) is 5.01. The Labute approximate surface area is 98.1 Å². The molecule has 1 nitrogen and oxygen atoms in total. The molecule has 0 aromatic heterocycles. The Morgan fingerprint density at radius 1 is 1.25 bits per heavy atom. The number of nitrogens with zero attached hydrogens (tertiary/aromatic N) is 1. The second-order valence-electron chi connectivity index (χ2n) is 5.01. The summed E-state index contributed by atoms with van der Waals surface area (Å²) in [5, 5.41) is 9.41. The first-order chi connectivity index (χ1) is 7.72. The van der Waals surface area contributed by atoms with E-state index in [1.54, 1.807) is 0 Å². The van der Waals surface area contributed by atoms with Crippen molar-refractivity contribution in [1.29, 1.82) is 5.26 Å². The molecular formula is C15H19N. The van der Waals surface area contributed by atoms with Gasteiger partial charge in [-0.1, -0.05) is 36.6 Å². The number of aryl methyl sites for hydroxylation is 2. The molecule has 0 heterocycles. The summed E-state index contributed by atoms with van der Waals surface area (Å²) in [5.41, 5.74) is 3.79. The summed E-state index contributed by atoms with van der Waals surface area (Å²) < 4.78 is 0. The minimum absolute atomic E-state index is 0.113. The van der Waals surface area contributed by atoms with Crippen LogP contribution in [0.3, 0.4) is 0 Å². The van der Waals surface area contributed by atoms with Crippen LogP contribution in [-0.2, 0) is 0 Å². The lowest BCUT2D eigenvalue weighted by atomic mass is 9.83. The van der Waals surface area contributed by atoms with Gasteiger partial charge >= 0.3 is 0 Å². The van der Waals surface area contributed by atoms with E-state index in [1.807, 2.05) is 0 Å². The molecule has 1 heteroatoms. The Hall–Kier alpha value is -1.29. The van der Waals surface area contributed by atoms with Crippen molar-refractivity contribution in [2.75, 3.05) is 0 Å². The molecule has 2 rings (SSSR count). The van der Waals surface area contributed by atoms with Gasteiger partial charge in [-0.15, -0.1) is 0 Å². The highest BCUT2D eigenvalue weighted by Crippen LogP contribution is 2.38. The Bertz CT molecular complexity index is 408. The molecule has 1 aliphatic rings. The Morgan fingerprint density at radius 3 is 2.56 bits per heavy atom. The van der Waals surface area contributed by atoms with Crippen molar-refractivity contribution in [3.05, 3.63) is 34.9 Å². The smallest absolute Gasteiger partial charge is 0.0743 e. The van der Waals surface area contributed by atoms with Crippen LogP contribution in [0, 0.1) is 31.1 Å². The van der Waals surface area contributed by atoms with E-state index in [1.165, 1.54) is 42.4 Å². The maximum atomic E-state index is 9.41. The van der Waals surface area contributed by atoms with Crippen molar-refractivity contribution < 1.29 is 0 Å². The summed E-state index contributed by atoms with van der Waals surface area (Å²) in [4.78, 5) is 0. The predicted molar refractivity (Wildman–Crippen MR) is 66.2 cm³/mol. The average Bonchev–Trinajstić information content (AvgIpc) is 2.78. The molecule has 1 unspecified atom stereocenters. The Morgan fingerprint density at radius 2 is 1.94 bits per heavy atom. The van der Waals surface area contributed by atoms with E-state index in [0.29, 0.717) is 5.92 Å². The van der Waals surface area contributed by atoms with E-state index in [4.69, 9.17) is 0 Å². The lowest BCUT2D eigenvalue weighted by Crippen LogP contribution is -2.09. The summed E-state index contributed by atoms with van der Waals surface area (Å²) in [6.07, 6.45) is 5.05. The van der Waals surface area contributed by atoms with Crippen LogP contribution in [0.4, 0.5) is 0 Å². The molecule has 16 heavy (non-hydrogen) atoms. The highest BCUT2D eigenvalue weighted by atomic mass is 14.4. The van der Waals surface area contributed by atoms with Crippen LogP contribution in [0.1, 0.15) is 48.3 Å². The van der Waals surface area contributed by atoms with Gasteiger partial charge in [0.1, 0.15) is 0 Å². The molecule has 84 valence electrons. The topological polar surface area (TPSA) is 23.8 Å². The fourth-order valence-corrected chi connectivity index (χ4v) is 2.81. The second kappa shape index (κ2) is 4.70.